The summed E-state index contributed by atoms with van der Waals surface area (Å²) in [6.45, 7) is 5.10. The summed E-state index contributed by atoms with van der Waals surface area (Å²) in [7, 11) is 3.95. The number of aromatic nitrogens is 3. The van der Waals surface area contributed by atoms with Crippen LogP contribution in [0.1, 0.15) is 25.7 Å². The normalized spacial score (nSPS) is 12.9. The van der Waals surface area contributed by atoms with E-state index in [0.29, 0.717) is 0 Å². The predicted octanol–water partition coefficient (Wildman–Crippen LogP) is 1.69. The molecular formula is C12H19N5. The van der Waals surface area contributed by atoms with Gasteiger partial charge in [0.25, 0.3) is 0 Å². The lowest BCUT2D eigenvalue weighted by Crippen LogP contribution is -2.18. The predicted molar refractivity (Wildman–Crippen MR) is 70.3 cm³/mol. The van der Waals surface area contributed by atoms with Gasteiger partial charge in [-0.1, -0.05) is 6.92 Å². The van der Waals surface area contributed by atoms with Crippen molar-refractivity contribution in [3.05, 3.63) is 18.0 Å². The summed E-state index contributed by atoms with van der Waals surface area (Å²) in [6.07, 6.45) is 0. The van der Waals surface area contributed by atoms with Crippen molar-refractivity contribution in [3.8, 4) is 0 Å². The molecular weight excluding hydrogens is 214 g/mol. The maximum atomic E-state index is 4.52. The number of nitrogens with zero attached hydrogens (tertiary/aromatic N) is 3. The Labute approximate surface area is 101 Å². The average Bonchev–Trinajstić information content (AvgIpc) is 2.71. The molecule has 1 unspecified atom stereocenters. The third-order valence-corrected chi connectivity index (χ3v) is 2.73. The van der Waals surface area contributed by atoms with Gasteiger partial charge < -0.3 is 15.2 Å². The molecule has 0 radical (unpaired) electrons. The van der Waals surface area contributed by atoms with Crippen LogP contribution in [0.3, 0.4) is 0 Å². The molecule has 0 aromatic carbocycles. The highest BCUT2D eigenvalue weighted by atomic mass is 15.2. The molecule has 0 fully saturated rings. The zero-order valence-corrected chi connectivity index (χ0v) is 10.8. The standard InChI is InChI=1S/C12H19N5/c1-5-13-8(2)11-14-9-6-7-10(17(3)4)15-12(9)16-11/h6-8,13H,5H2,1-4H3,(H,14,15,16). The van der Waals surface area contributed by atoms with Gasteiger partial charge >= 0.3 is 0 Å². The minimum Gasteiger partial charge on any atom is -0.363 e. The van der Waals surface area contributed by atoms with Gasteiger partial charge in [0.2, 0.25) is 0 Å². The Morgan fingerprint density at radius 1 is 1.35 bits per heavy atom. The number of rotatable bonds is 4. The molecule has 92 valence electrons. The van der Waals surface area contributed by atoms with Crippen molar-refractivity contribution >= 4 is 17.0 Å². The molecule has 2 N–H and O–H groups in total. The highest BCUT2D eigenvalue weighted by Crippen LogP contribution is 2.17. The number of imidazole rings is 1. The van der Waals surface area contributed by atoms with Crippen LogP contribution in [-0.2, 0) is 0 Å². The van der Waals surface area contributed by atoms with Crippen LogP contribution in [0, 0.1) is 0 Å². The molecule has 0 aliphatic carbocycles. The number of fused-ring (bicyclic) bond motifs is 1. The van der Waals surface area contributed by atoms with Crippen LogP contribution in [0.4, 0.5) is 5.82 Å². The van der Waals surface area contributed by atoms with Crippen LogP contribution in [0.5, 0.6) is 0 Å². The summed E-state index contributed by atoms with van der Waals surface area (Å²) in [5.41, 5.74) is 1.76. The van der Waals surface area contributed by atoms with Gasteiger partial charge in [-0.3, -0.25) is 0 Å². The summed E-state index contributed by atoms with van der Waals surface area (Å²) in [6, 6.07) is 4.23. The number of aromatic amines is 1. The molecule has 2 aromatic rings. The molecule has 2 rings (SSSR count). The molecule has 5 heteroatoms. The van der Waals surface area contributed by atoms with Crippen LogP contribution in [0.25, 0.3) is 11.2 Å². The summed E-state index contributed by atoms with van der Waals surface area (Å²) in [5, 5.41) is 3.33. The van der Waals surface area contributed by atoms with Crippen LogP contribution in [0.2, 0.25) is 0 Å². The van der Waals surface area contributed by atoms with E-state index in [2.05, 4.69) is 34.1 Å². The van der Waals surface area contributed by atoms with Crippen LogP contribution in [-0.4, -0.2) is 35.6 Å². The fourth-order valence-corrected chi connectivity index (χ4v) is 1.76. The first-order chi connectivity index (χ1) is 8.11. The zero-order valence-electron chi connectivity index (χ0n) is 10.8. The monoisotopic (exact) mass is 233 g/mol. The number of H-pyrrole nitrogens is 1. The molecule has 2 aromatic heterocycles. The zero-order chi connectivity index (χ0) is 12.4. The van der Waals surface area contributed by atoms with Crippen LogP contribution >= 0.6 is 0 Å². The molecule has 0 aliphatic heterocycles. The molecule has 0 aliphatic rings. The summed E-state index contributed by atoms with van der Waals surface area (Å²) >= 11 is 0. The van der Waals surface area contributed by atoms with Crippen molar-refractivity contribution in [1.29, 1.82) is 0 Å². The first-order valence-corrected chi connectivity index (χ1v) is 5.89. The van der Waals surface area contributed by atoms with Crippen molar-refractivity contribution in [1.82, 2.24) is 20.3 Å². The van der Waals surface area contributed by atoms with Gasteiger partial charge in [-0.25, -0.2) is 9.97 Å². The van der Waals surface area contributed by atoms with Crippen LogP contribution < -0.4 is 10.2 Å². The first-order valence-electron chi connectivity index (χ1n) is 5.89. The molecule has 5 nitrogen and oxygen atoms in total. The lowest BCUT2D eigenvalue weighted by Gasteiger charge is -2.09. The van der Waals surface area contributed by atoms with E-state index in [1.165, 1.54) is 0 Å². The Kier molecular flexibility index (Phi) is 3.28. The average molecular weight is 233 g/mol. The van der Waals surface area contributed by atoms with Gasteiger partial charge in [-0.15, -0.1) is 0 Å². The minimum atomic E-state index is 0.219. The van der Waals surface area contributed by atoms with Gasteiger partial charge in [0.05, 0.1) is 11.6 Å². The van der Waals surface area contributed by atoms with Crippen molar-refractivity contribution in [2.45, 2.75) is 19.9 Å². The van der Waals surface area contributed by atoms with Crippen LogP contribution in [0.15, 0.2) is 12.1 Å². The van der Waals surface area contributed by atoms with E-state index in [4.69, 9.17) is 0 Å². The quantitative estimate of drug-likeness (QED) is 0.844. The van der Waals surface area contributed by atoms with Crippen molar-refractivity contribution in [2.75, 3.05) is 25.5 Å². The van der Waals surface area contributed by atoms with E-state index < -0.39 is 0 Å². The molecule has 2 heterocycles. The maximum Gasteiger partial charge on any atom is 0.179 e. The lowest BCUT2D eigenvalue weighted by atomic mass is 10.3. The van der Waals surface area contributed by atoms with Gasteiger partial charge in [0.1, 0.15) is 11.6 Å². The highest BCUT2D eigenvalue weighted by molar-refractivity contribution is 5.73. The largest absolute Gasteiger partial charge is 0.363 e. The maximum absolute atomic E-state index is 4.52. The fraction of sp³-hybridized carbons (Fsp3) is 0.500. The number of pyridine rings is 1. The second kappa shape index (κ2) is 4.71. The summed E-state index contributed by atoms with van der Waals surface area (Å²) < 4.78 is 0. The SMILES string of the molecule is CCNC(C)c1nc2nc(N(C)C)ccc2[nH]1. The van der Waals surface area contributed by atoms with E-state index in [0.717, 1.165) is 29.4 Å². The van der Waals surface area contributed by atoms with Crippen molar-refractivity contribution in [2.24, 2.45) is 0 Å². The van der Waals surface area contributed by atoms with Gasteiger partial charge in [0.15, 0.2) is 5.65 Å². The number of hydrogen-bond donors (Lipinski definition) is 2. The second-order valence-corrected chi connectivity index (χ2v) is 4.34. The molecule has 0 spiro atoms. The highest BCUT2D eigenvalue weighted by Gasteiger charge is 2.10. The first kappa shape index (κ1) is 11.9. The van der Waals surface area contributed by atoms with E-state index in [1.54, 1.807) is 0 Å². The van der Waals surface area contributed by atoms with Crippen molar-refractivity contribution < 1.29 is 0 Å². The minimum absolute atomic E-state index is 0.219. The Hall–Kier alpha value is -1.62. The Bertz CT molecular complexity index is 503. The Morgan fingerprint density at radius 3 is 2.76 bits per heavy atom. The smallest absolute Gasteiger partial charge is 0.179 e. The fourth-order valence-electron chi connectivity index (χ4n) is 1.76. The summed E-state index contributed by atoms with van der Waals surface area (Å²) in [5.74, 6) is 1.86. The van der Waals surface area contributed by atoms with Crippen molar-refractivity contribution in [3.63, 3.8) is 0 Å². The molecule has 17 heavy (non-hydrogen) atoms. The second-order valence-electron chi connectivity index (χ2n) is 4.34. The number of nitrogens with one attached hydrogen (secondary N) is 2. The molecule has 1 atom stereocenters. The number of anilines is 1. The van der Waals surface area contributed by atoms with Gasteiger partial charge in [-0.2, -0.15) is 0 Å². The third-order valence-electron chi connectivity index (χ3n) is 2.73. The Balaban J connectivity index is 2.36. The van der Waals surface area contributed by atoms with Gasteiger partial charge in [-0.05, 0) is 25.6 Å². The molecule has 0 saturated carbocycles. The molecule has 0 saturated heterocycles. The lowest BCUT2D eigenvalue weighted by molar-refractivity contribution is 0.573. The Morgan fingerprint density at radius 2 is 2.12 bits per heavy atom. The summed E-state index contributed by atoms with van der Waals surface area (Å²) in [4.78, 5) is 14.3. The van der Waals surface area contributed by atoms with E-state index in [9.17, 15) is 0 Å². The molecule has 0 amide bonds. The molecule has 0 bridgehead atoms. The van der Waals surface area contributed by atoms with E-state index in [-0.39, 0.29) is 6.04 Å². The van der Waals surface area contributed by atoms with E-state index in [1.807, 2.05) is 31.1 Å². The van der Waals surface area contributed by atoms with Gasteiger partial charge in [0, 0.05) is 14.1 Å². The van der Waals surface area contributed by atoms with E-state index >= 15 is 0 Å². The number of hydrogen-bond acceptors (Lipinski definition) is 4. The topological polar surface area (TPSA) is 56.8 Å². The third kappa shape index (κ3) is 2.39.